The van der Waals surface area contributed by atoms with E-state index in [1.807, 2.05) is 6.92 Å². The fourth-order valence-electron chi connectivity index (χ4n) is 1.63. The van der Waals surface area contributed by atoms with E-state index in [0.717, 1.165) is 16.9 Å². The van der Waals surface area contributed by atoms with Crippen LogP contribution in [0.25, 0.3) is 0 Å². The maximum absolute atomic E-state index is 12.1. The van der Waals surface area contributed by atoms with Gasteiger partial charge < -0.3 is 0 Å². The highest BCUT2D eigenvalue weighted by atomic mass is 35.7. The van der Waals surface area contributed by atoms with Gasteiger partial charge in [0, 0.05) is 10.7 Å². The van der Waals surface area contributed by atoms with Gasteiger partial charge in [-0.05, 0) is 31.5 Å². The molecule has 1 aromatic heterocycles. The summed E-state index contributed by atoms with van der Waals surface area (Å²) >= 11 is 6.80. The number of aromatic nitrogens is 1. The number of amides is 1. The number of nitrogens with one attached hydrogen (secondary N) is 1. The van der Waals surface area contributed by atoms with Gasteiger partial charge in [0.1, 0.15) is 0 Å². The van der Waals surface area contributed by atoms with Crippen LogP contribution in [0, 0.1) is 13.8 Å². The van der Waals surface area contributed by atoms with Crippen LogP contribution < -0.4 is 5.32 Å². The largest absolute Gasteiger partial charge is 0.298 e. The Morgan fingerprint density at radius 3 is 2.52 bits per heavy atom. The summed E-state index contributed by atoms with van der Waals surface area (Å²) in [7, 11) is 1.41. The third-order valence-electron chi connectivity index (χ3n) is 2.57. The number of benzene rings is 1. The van der Waals surface area contributed by atoms with E-state index in [1.165, 1.54) is 6.92 Å². The molecule has 1 N–H and O–H groups in total. The minimum Gasteiger partial charge on any atom is -0.298 e. The van der Waals surface area contributed by atoms with Crippen molar-refractivity contribution in [1.82, 2.24) is 4.98 Å². The standard InChI is InChI=1S/C12H10Cl2N2O3S2/c1-6-3-4-8(9(13)5-6)10(17)16-12-15-7(2)11(20-12)21(14,18)19/h3-5H,1-2H3,(H,15,16,17). The molecule has 0 aliphatic heterocycles. The summed E-state index contributed by atoms with van der Waals surface area (Å²) in [5.41, 5.74) is 1.45. The first-order valence-electron chi connectivity index (χ1n) is 5.68. The smallest absolute Gasteiger partial charge is 0.272 e. The van der Waals surface area contributed by atoms with Gasteiger partial charge in [0.25, 0.3) is 15.0 Å². The fraction of sp³-hybridized carbons (Fsp3) is 0.167. The summed E-state index contributed by atoms with van der Waals surface area (Å²) in [6.45, 7) is 3.36. The third-order valence-corrected chi connectivity index (χ3v) is 6.13. The van der Waals surface area contributed by atoms with Crippen LogP contribution in [-0.2, 0) is 9.05 Å². The second-order valence-electron chi connectivity index (χ2n) is 4.27. The first kappa shape index (κ1) is 16.2. The molecule has 0 saturated heterocycles. The van der Waals surface area contributed by atoms with Crippen molar-refractivity contribution in [1.29, 1.82) is 0 Å². The summed E-state index contributed by atoms with van der Waals surface area (Å²) < 4.78 is 22.5. The van der Waals surface area contributed by atoms with Gasteiger partial charge in [0.2, 0.25) is 0 Å². The topological polar surface area (TPSA) is 76.1 Å². The van der Waals surface area contributed by atoms with Crippen molar-refractivity contribution in [3.05, 3.63) is 40.0 Å². The normalized spacial score (nSPS) is 11.4. The van der Waals surface area contributed by atoms with Crippen molar-refractivity contribution in [2.75, 3.05) is 5.32 Å². The van der Waals surface area contributed by atoms with Crippen molar-refractivity contribution in [2.24, 2.45) is 0 Å². The molecule has 0 spiro atoms. The molecular formula is C12H10Cl2N2O3S2. The highest BCUT2D eigenvalue weighted by Crippen LogP contribution is 2.30. The van der Waals surface area contributed by atoms with E-state index in [2.05, 4.69) is 10.3 Å². The number of hydrogen-bond acceptors (Lipinski definition) is 5. The minimum atomic E-state index is -3.88. The first-order valence-corrected chi connectivity index (χ1v) is 9.18. The monoisotopic (exact) mass is 364 g/mol. The molecule has 0 bridgehead atoms. The summed E-state index contributed by atoms with van der Waals surface area (Å²) in [6.07, 6.45) is 0. The summed E-state index contributed by atoms with van der Waals surface area (Å²) in [6, 6.07) is 5.01. The number of rotatable bonds is 3. The van der Waals surface area contributed by atoms with Crippen LogP contribution in [0.2, 0.25) is 5.02 Å². The van der Waals surface area contributed by atoms with Crippen LogP contribution >= 0.6 is 33.6 Å². The number of thiazole rings is 1. The second-order valence-corrected chi connectivity index (χ2v) is 8.43. The molecule has 1 amide bonds. The molecule has 5 nitrogen and oxygen atoms in total. The molecule has 1 aromatic carbocycles. The van der Waals surface area contributed by atoms with Gasteiger partial charge in [-0.15, -0.1) is 0 Å². The van der Waals surface area contributed by atoms with E-state index in [0.29, 0.717) is 5.02 Å². The molecule has 21 heavy (non-hydrogen) atoms. The second kappa shape index (κ2) is 5.92. The number of halogens is 2. The van der Waals surface area contributed by atoms with E-state index in [-0.39, 0.29) is 20.6 Å². The van der Waals surface area contributed by atoms with Crippen molar-refractivity contribution in [3.63, 3.8) is 0 Å². The van der Waals surface area contributed by atoms with Gasteiger partial charge in [-0.3, -0.25) is 10.1 Å². The first-order chi connectivity index (χ1) is 9.68. The molecule has 9 heteroatoms. The maximum Gasteiger partial charge on any atom is 0.272 e. The SMILES string of the molecule is Cc1ccc(C(=O)Nc2nc(C)c(S(=O)(=O)Cl)s2)c(Cl)c1. The molecule has 0 atom stereocenters. The van der Waals surface area contributed by atoms with Crippen molar-refractivity contribution in [2.45, 2.75) is 18.1 Å². The molecule has 0 radical (unpaired) electrons. The molecule has 0 fully saturated rings. The van der Waals surface area contributed by atoms with Crippen molar-refractivity contribution >= 4 is 53.7 Å². The Morgan fingerprint density at radius 1 is 1.33 bits per heavy atom. The fourth-order valence-corrected chi connectivity index (χ4v) is 4.30. The van der Waals surface area contributed by atoms with E-state index in [4.69, 9.17) is 22.3 Å². The van der Waals surface area contributed by atoms with Crippen LogP contribution in [0.3, 0.4) is 0 Å². The van der Waals surface area contributed by atoms with Crippen LogP contribution in [0.4, 0.5) is 5.13 Å². The van der Waals surface area contributed by atoms with Crippen LogP contribution in [0.15, 0.2) is 22.4 Å². The highest BCUT2D eigenvalue weighted by Gasteiger charge is 2.21. The molecule has 0 aliphatic carbocycles. The Kier molecular flexibility index (Phi) is 4.57. The molecule has 0 aliphatic rings. The molecule has 2 rings (SSSR count). The van der Waals surface area contributed by atoms with E-state index >= 15 is 0 Å². The molecule has 0 saturated carbocycles. The zero-order chi connectivity index (χ0) is 15.8. The zero-order valence-corrected chi connectivity index (χ0v) is 14.1. The summed E-state index contributed by atoms with van der Waals surface area (Å²) in [5, 5.41) is 2.97. The minimum absolute atomic E-state index is 0.0885. The Morgan fingerprint density at radius 2 is 2.00 bits per heavy atom. The van der Waals surface area contributed by atoms with E-state index in [9.17, 15) is 13.2 Å². The summed E-state index contributed by atoms with van der Waals surface area (Å²) in [4.78, 5) is 16.1. The molecular weight excluding hydrogens is 355 g/mol. The molecule has 2 aromatic rings. The number of carbonyl (C=O) groups excluding carboxylic acids is 1. The van der Waals surface area contributed by atoms with Crippen molar-refractivity contribution in [3.8, 4) is 0 Å². The number of anilines is 1. The average Bonchev–Trinajstić information content (AvgIpc) is 2.69. The quantitative estimate of drug-likeness (QED) is 0.844. The lowest BCUT2D eigenvalue weighted by molar-refractivity contribution is 0.102. The van der Waals surface area contributed by atoms with Gasteiger partial charge >= 0.3 is 0 Å². The molecule has 112 valence electrons. The van der Waals surface area contributed by atoms with Crippen LogP contribution in [0.1, 0.15) is 21.6 Å². The van der Waals surface area contributed by atoms with Gasteiger partial charge in [0.15, 0.2) is 9.34 Å². The lowest BCUT2D eigenvalue weighted by atomic mass is 10.1. The maximum atomic E-state index is 12.1. The van der Waals surface area contributed by atoms with Gasteiger partial charge in [-0.2, -0.15) is 0 Å². The number of nitrogens with zero attached hydrogens (tertiary/aromatic N) is 1. The van der Waals surface area contributed by atoms with E-state index in [1.54, 1.807) is 18.2 Å². The molecule has 0 unspecified atom stereocenters. The average molecular weight is 365 g/mol. The van der Waals surface area contributed by atoms with E-state index < -0.39 is 15.0 Å². The predicted molar refractivity (Wildman–Crippen MR) is 84.0 cm³/mol. The Balaban J connectivity index is 2.28. The zero-order valence-electron chi connectivity index (χ0n) is 11.0. The molecule has 1 heterocycles. The van der Waals surface area contributed by atoms with Gasteiger partial charge in [0.05, 0.1) is 16.3 Å². The lowest BCUT2D eigenvalue weighted by Crippen LogP contribution is -2.12. The Bertz CT molecular complexity index is 816. The Hall–Kier alpha value is -1.15. The third kappa shape index (κ3) is 3.74. The number of aryl methyl sites for hydroxylation is 2. The summed E-state index contributed by atoms with van der Waals surface area (Å²) in [5.74, 6) is -0.465. The van der Waals surface area contributed by atoms with Crippen LogP contribution in [0.5, 0.6) is 0 Å². The number of carbonyl (C=O) groups is 1. The highest BCUT2D eigenvalue weighted by molar-refractivity contribution is 8.15. The van der Waals surface area contributed by atoms with Gasteiger partial charge in [-0.25, -0.2) is 13.4 Å². The number of hydrogen-bond donors (Lipinski definition) is 1. The van der Waals surface area contributed by atoms with Crippen LogP contribution in [-0.4, -0.2) is 19.3 Å². The lowest BCUT2D eigenvalue weighted by Gasteiger charge is -2.04. The van der Waals surface area contributed by atoms with Gasteiger partial charge in [-0.1, -0.05) is 29.0 Å². The predicted octanol–water partition coefficient (Wildman–Crippen LogP) is 3.59. The Labute approximate surface area is 135 Å². The van der Waals surface area contributed by atoms with Crippen molar-refractivity contribution < 1.29 is 13.2 Å².